The third kappa shape index (κ3) is 4.91. The summed E-state index contributed by atoms with van der Waals surface area (Å²) < 4.78 is 15.7. The number of aromatic nitrogens is 1. The van der Waals surface area contributed by atoms with E-state index in [-0.39, 0.29) is 54.7 Å². The number of Topliss-reactive ketones (excluding diaryl/α,β-unsaturated/α-hetero) is 1. The number of benzene rings is 1. The second-order valence-corrected chi connectivity index (χ2v) is 5.92. The summed E-state index contributed by atoms with van der Waals surface area (Å²) in [5.41, 5.74) is 8.87. The Morgan fingerprint density at radius 2 is 2.07 bits per heavy atom. The lowest BCUT2D eigenvalue weighted by Gasteiger charge is -2.13. The number of carbonyl (C=O) groups is 2. The maximum atomic E-state index is 14.2. The van der Waals surface area contributed by atoms with Crippen molar-refractivity contribution in [2.45, 2.75) is 13.3 Å². The van der Waals surface area contributed by atoms with Crippen molar-refractivity contribution in [3.8, 4) is 0 Å². The van der Waals surface area contributed by atoms with Crippen LogP contribution in [-0.2, 0) is 11.9 Å². The van der Waals surface area contributed by atoms with E-state index in [1.54, 1.807) is 26.1 Å². The SMILES string of the molecule is Cc1ccc(Nc2c(C(=O)NOCCO)cc(C(=O)CCN)n2C)c(F)c1. The van der Waals surface area contributed by atoms with Gasteiger partial charge in [-0.15, -0.1) is 0 Å². The lowest BCUT2D eigenvalue weighted by atomic mass is 10.2. The molecule has 8 nitrogen and oxygen atoms in total. The zero-order chi connectivity index (χ0) is 20.0. The molecule has 2 aromatic rings. The van der Waals surface area contributed by atoms with Crippen molar-refractivity contribution in [2.75, 3.05) is 25.1 Å². The molecule has 0 saturated carbocycles. The molecule has 0 atom stereocenters. The van der Waals surface area contributed by atoms with Gasteiger partial charge in [-0.25, -0.2) is 9.87 Å². The number of hydrogen-bond acceptors (Lipinski definition) is 6. The molecule has 0 aliphatic carbocycles. The van der Waals surface area contributed by atoms with Gasteiger partial charge in [-0.3, -0.25) is 14.4 Å². The van der Waals surface area contributed by atoms with Crippen molar-refractivity contribution in [1.82, 2.24) is 10.0 Å². The number of amides is 1. The molecule has 0 fully saturated rings. The summed E-state index contributed by atoms with van der Waals surface area (Å²) in [5.74, 6) is -1.15. The van der Waals surface area contributed by atoms with E-state index < -0.39 is 11.7 Å². The quantitative estimate of drug-likeness (QED) is 0.298. The number of aliphatic hydroxyl groups is 1. The standard InChI is InChI=1S/C18H23FN4O4/c1-11-3-4-14(13(19)9-11)21-17-12(18(26)22-27-8-7-24)10-15(23(17)2)16(25)5-6-20/h3-4,9-10,21,24H,5-8,20H2,1-2H3,(H,22,26). The minimum Gasteiger partial charge on any atom is -0.394 e. The van der Waals surface area contributed by atoms with Gasteiger partial charge in [0.25, 0.3) is 5.91 Å². The molecule has 1 aromatic heterocycles. The molecule has 0 unspecified atom stereocenters. The third-order valence-corrected chi connectivity index (χ3v) is 3.87. The van der Waals surface area contributed by atoms with Crippen molar-refractivity contribution in [2.24, 2.45) is 12.8 Å². The molecule has 1 heterocycles. The fourth-order valence-corrected chi connectivity index (χ4v) is 2.52. The van der Waals surface area contributed by atoms with E-state index in [0.717, 1.165) is 5.56 Å². The lowest BCUT2D eigenvalue weighted by Crippen LogP contribution is -2.25. The summed E-state index contributed by atoms with van der Waals surface area (Å²) in [7, 11) is 1.59. The van der Waals surface area contributed by atoms with Gasteiger partial charge in [0.15, 0.2) is 5.78 Å². The highest BCUT2D eigenvalue weighted by Crippen LogP contribution is 2.27. The molecule has 0 bridgehead atoms. The first-order valence-electron chi connectivity index (χ1n) is 8.38. The van der Waals surface area contributed by atoms with E-state index in [2.05, 4.69) is 10.8 Å². The van der Waals surface area contributed by atoms with Gasteiger partial charge in [0.2, 0.25) is 0 Å². The Morgan fingerprint density at radius 1 is 1.33 bits per heavy atom. The average Bonchev–Trinajstić information content (AvgIpc) is 2.94. The summed E-state index contributed by atoms with van der Waals surface area (Å²) >= 11 is 0. The van der Waals surface area contributed by atoms with E-state index in [1.165, 1.54) is 16.7 Å². The number of aryl methyl sites for hydroxylation is 1. The summed E-state index contributed by atoms with van der Waals surface area (Å²) in [6, 6.07) is 6.02. The third-order valence-electron chi connectivity index (χ3n) is 3.87. The Morgan fingerprint density at radius 3 is 2.70 bits per heavy atom. The van der Waals surface area contributed by atoms with Crippen LogP contribution in [-0.4, -0.2) is 41.1 Å². The summed E-state index contributed by atoms with van der Waals surface area (Å²) in [6.45, 7) is 1.57. The maximum Gasteiger partial charge on any atom is 0.278 e. The second kappa shape index (κ2) is 9.26. The summed E-state index contributed by atoms with van der Waals surface area (Å²) in [4.78, 5) is 29.5. The van der Waals surface area contributed by atoms with Crippen LogP contribution in [0.1, 0.15) is 32.8 Å². The summed E-state index contributed by atoms with van der Waals surface area (Å²) in [6.07, 6.45) is 0.109. The molecule has 0 aliphatic heterocycles. The van der Waals surface area contributed by atoms with Gasteiger partial charge in [0.05, 0.1) is 30.2 Å². The van der Waals surface area contributed by atoms with Crippen LogP contribution in [0.15, 0.2) is 24.3 Å². The maximum absolute atomic E-state index is 14.2. The number of nitrogens with two attached hydrogens (primary N) is 1. The molecule has 146 valence electrons. The molecule has 1 amide bonds. The van der Waals surface area contributed by atoms with Gasteiger partial charge in [-0.2, -0.15) is 0 Å². The predicted molar refractivity (Wildman–Crippen MR) is 98.3 cm³/mol. The molecule has 5 N–H and O–H groups in total. The Balaban J connectivity index is 2.42. The van der Waals surface area contributed by atoms with Crippen LogP contribution in [0.25, 0.3) is 0 Å². The fourth-order valence-electron chi connectivity index (χ4n) is 2.52. The van der Waals surface area contributed by atoms with Gasteiger partial charge < -0.3 is 20.7 Å². The monoisotopic (exact) mass is 378 g/mol. The van der Waals surface area contributed by atoms with Crippen molar-refractivity contribution < 1.29 is 23.9 Å². The molecular formula is C18H23FN4O4. The van der Waals surface area contributed by atoms with Gasteiger partial charge >= 0.3 is 0 Å². The van der Waals surface area contributed by atoms with Crippen LogP contribution in [0.3, 0.4) is 0 Å². The molecule has 0 saturated heterocycles. The van der Waals surface area contributed by atoms with Crippen LogP contribution >= 0.6 is 0 Å². The van der Waals surface area contributed by atoms with Crippen LogP contribution < -0.4 is 16.5 Å². The minimum atomic E-state index is -0.638. The topological polar surface area (TPSA) is 119 Å². The number of ketones is 1. The smallest absolute Gasteiger partial charge is 0.278 e. The van der Waals surface area contributed by atoms with E-state index >= 15 is 0 Å². The minimum absolute atomic E-state index is 0.0904. The van der Waals surface area contributed by atoms with Crippen LogP contribution in [0.5, 0.6) is 0 Å². The molecule has 9 heteroatoms. The van der Waals surface area contributed by atoms with Crippen molar-refractivity contribution in [3.63, 3.8) is 0 Å². The molecule has 2 rings (SSSR count). The van der Waals surface area contributed by atoms with Gasteiger partial charge in [-0.05, 0) is 37.2 Å². The number of aliphatic hydroxyl groups excluding tert-OH is 1. The molecule has 0 spiro atoms. The number of anilines is 2. The Labute approximate surface area is 156 Å². The lowest BCUT2D eigenvalue weighted by molar-refractivity contribution is 0.0169. The number of nitrogens with zero attached hydrogens (tertiary/aromatic N) is 1. The van der Waals surface area contributed by atoms with E-state index in [9.17, 15) is 14.0 Å². The van der Waals surface area contributed by atoms with Gasteiger partial charge in [0.1, 0.15) is 11.6 Å². The highest BCUT2D eigenvalue weighted by molar-refractivity contribution is 6.04. The molecular weight excluding hydrogens is 355 g/mol. The number of halogens is 1. The normalized spacial score (nSPS) is 10.7. The van der Waals surface area contributed by atoms with E-state index in [1.807, 2.05) is 0 Å². The first-order valence-corrected chi connectivity index (χ1v) is 8.38. The predicted octanol–water partition coefficient (Wildman–Crippen LogP) is 1.40. The zero-order valence-electron chi connectivity index (χ0n) is 15.2. The number of nitrogens with one attached hydrogen (secondary N) is 2. The zero-order valence-corrected chi connectivity index (χ0v) is 15.2. The van der Waals surface area contributed by atoms with Crippen molar-refractivity contribution in [1.29, 1.82) is 0 Å². The highest BCUT2D eigenvalue weighted by Gasteiger charge is 2.23. The fraction of sp³-hybridized carbons (Fsp3) is 0.333. The van der Waals surface area contributed by atoms with Gasteiger partial charge in [-0.1, -0.05) is 6.07 Å². The molecule has 1 aromatic carbocycles. The first kappa shape index (κ1) is 20.6. The van der Waals surface area contributed by atoms with Crippen molar-refractivity contribution in [3.05, 3.63) is 46.9 Å². The Hall–Kier alpha value is -2.75. The van der Waals surface area contributed by atoms with Gasteiger partial charge in [0, 0.05) is 13.5 Å². The largest absolute Gasteiger partial charge is 0.394 e. The highest BCUT2D eigenvalue weighted by atomic mass is 19.1. The molecule has 0 radical (unpaired) electrons. The van der Waals surface area contributed by atoms with E-state index in [0.29, 0.717) is 0 Å². The van der Waals surface area contributed by atoms with Crippen molar-refractivity contribution >= 4 is 23.2 Å². The number of hydrogen-bond donors (Lipinski definition) is 4. The van der Waals surface area contributed by atoms with Crippen LogP contribution in [0, 0.1) is 12.7 Å². The molecule has 27 heavy (non-hydrogen) atoms. The Bertz CT molecular complexity index is 835. The first-order chi connectivity index (χ1) is 12.9. The summed E-state index contributed by atoms with van der Waals surface area (Å²) in [5, 5.41) is 11.6. The molecule has 0 aliphatic rings. The number of hydroxylamine groups is 1. The van der Waals surface area contributed by atoms with Crippen LogP contribution in [0.2, 0.25) is 0 Å². The average molecular weight is 378 g/mol. The number of rotatable bonds is 9. The second-order valence-electron chi connectivity index (χ2n) is 5.92. The Kier molecular flexibility index (Phi) is 7.05. The van der Waals surface area contributed by atoms with E-state index in [4.69, 9.17) is 15.7 Å². The van der Waals surface area contributed by atoms with Crippen LogP contribution in [0.4, 0.5) is 15.9 Å². The number of carbonyl (C=O) groups excluding carboxylic acids is 2.